The van der Waals surface area contributed by atoms with Gasteiger partial charge in [0.15, 0.2) is 0 Å². The molecule has 0 unspecified atom stereocenters. The summed E-state index contributed by atoms with van der Waals surface area (Å²) in [5.74, 6) is -1.27. The molecular weight excluding hydrogens is 278 g/mol. The van der Waals surface area contributed by atoms with E-state index in [1.165, 1.54) is 29.5 Å². The van der Waals surface area contributed by atoms with Crippen molar-refractivity contribution in [3.8, 4) is 16.6 Å². The van der Waals surface area contributed by atoms with Crippen LogP contribution in [-0.2, 0) is 11.8 Å². The molecule has 0 saturated heterocycles. The van der Waals surface area contributed by atoms with Crippen LogP contribution in [0.25, 0.3) is 10.6 Å². The summed E-state index contributed by atoms with van der Waals surface area (Å²) in [6.07, 6.45) is 0.195. The third-order valence-corrected chi connectivity index (χ3v) is 3.90. The van der Waals surface area contributed by atoms with Crippen molar-refractivity contribution in [2.45, 2.75) is 32.6 Å². The molecular formula is C15H14F2N2S. The Kier molecular flexibility index (Phi) is 3.87. The molecule has 104 valence electrons. The minimum Gasteiger partial charge on any atom is -0.240 e. The Bertz CT molecular complexity index is 658. The number of halogens is 2. The molecule has 0 bridgehead atoms. The van der Waals surface area contributed by atoms with Gasteiger partial charge >= 0.3 is 0 Å². The van der Waals surface area contributed by atoms with Crippen molar-refractivity contribution in [1.29, 1.82) is 5.26 Å². The SMILES string of the molecule is CC(C)(C)c1nc(-c2c(F)cccc2F)sc1CC#N. The van der Waals surface area contributed by atoms with Gasteiger partial charge in [0.1, 0.15) is 16.6 Å². The van der Waals surface area contributed by atoms with E-state index in [0.717, 1.165) is 10.6 Å². The predicted molar refractivity (Wildman–Crippen MR) is 75.5 cm³/mol. The summed E-state index contributed by atoms with van der Waals surface area (Å²) in [5, 5.41) is 9.17. The van der Waals surface area contributed by atoms with E-state index in [2.05, 4.69) is 11.1 Å². The van der Waals surface area contributed by atoms with Crippen LogP contribution < -0.4 is 0 Å². The van der Waals surface area contributed by atoms with Crippen LogP contribution in [0.15, 0.2) is 18.2 Å². The summed E-state index contributed by atoms with van der Waals surface area (Å²) >= 11 is 1.18. The van der Waals surface area contributed by atoms with Gasteiger partial charge in [-0.15, -0.1) is 11.3 Å². The first kappa shape index (κ1) is 14.6. The van der Waals surface area contributed by atoms with Crippen LogP contribution in [0.1, 0.15) is 31.3 Å². The van der Waals surface area contributed by atoms with Gasteiger partial charge < -0.3 is 0 Å². The topological polar surface area (TPSA) is 36.7 Å². The normalized spacial score (nSPS) is 11.4. The maximum absolute atomic E-state index is 13.8. The molecule has 2 rings (SSSR count). The molecule has 0 aliphatic rings. The minimum absolute atomic E-state index is 0.118. The number of benzene rings is 1. The number of thiazole rings is 1. The standard InChI is InChI=1S/C15H14F2N2S/c1-15(2,3)13-11(7-8-18)20-14(19-13)12-9(16)5-4-6-10(12)17/h4-6H,7H2,1-3H3. The number of nitrogens with zero attached hydrogens (tertiary/aromatic N) is 2. The van der Waals surface area contributed by atoms with Crippen LogP contribution in [0.4, 0.5) is 8.78 Å². The Labute approximate surface area is 120 Å². The van der Waals surface area contributed by atoms with Crippen molar-refractivity contribution in [3.05, 3.63) is 40.4 Å². The molecule has 1 aromatic carbocycles. The summed E-state index contributed by atoms with van der Waals surface area (Å²) in [7, 11) is 0. The summed E-state index contributed by atoms with van der Waals surface area (Å²) in [6.45, 7) is 5.89. The van der Waals surface area contributed by atoms with Gasteiger partial charge in [-0.25, -0.2) is 13.8 Å². The van der Waals surface area contributed by atoms with Gasteiger partial charge in [-0.2, -0.15) is 5.26 Å². The molecule has 20 heavy (non-hydrogen) atoms. The van der Waals surface area contributed by atoms with Gasteiger partial charge in [-0.3, -0.25) is 0 Å². The second kappa shape index (κ2) is 5.29. The molecule has 5 heteroatoms. The van der Waals surface area contributed by atoms with Crippen molar-refractivity contribution >= 4 is 11.3 Å². The highest BCUT2D eigenvalue weighted by Gasteiger charge is 2.25. The van der Waals surface area contributed by atoms with Crippen molar-refractivity contribution in [2.75, 3.05) is 0 Å². The van der Waals surface area contributed by atoms with Crippen LogP contribution in [0, 0.1) is 23.0 Å². The Morgan fingerprint density at radius 2 is 1.85 bits per heavy atom. The first-order valence-corrected chi connectivity index (χ1v) is 6.97. The average Bonchev–Trinajstić information content (AvgIpc) is 2.73. The highest BCUT2D eigenvalue weighted by atomic mass is 32.1. The lowest BCUT2D eigenvalue weighted by atomic mass is 9.91. The van der Waals surface area contributed by atoms with Crippen molar-refractivity contribution in [3.63, 3.8) is 0 Å². The number of rotatable bonds is 2. The molecule has 0 aliphatic carbocycles. The predicted octanol–water partition coefficient (Wildman–Crippen LogP) is 4.45. The van der Waals surface area contributed by atoms with E-state index in [4.69, 9.17) is 5.26 Å². The van der Waals surface area contributed by atoms with Gasteiger partial charge in [-0.05, 0) is 12.1 Å². The number of hydrogen-bond acceptors (Lipinski definition) is 3. The zero-order chi connectivity index (χ0) is 14.9. The zero-order valence-electron chi connectivity index (χ0n) is 11.5. The first-order valence-electron chi connectivity index (χ1n) is 6.16. The summed E-state index contributed by atoms with van der Waals surface area (Å²) in [4.78, 5) is 5.14. The van der Waals surface area contributed by atoms with Gasteiger partial charge in [0.25, 0.3) is 0 Å². The van der Waals surface area contributed by atoms with Crippen molar-refractivity contribution in [2.24, 2.45) is 0 Å². The summed E-state index contributed by atoms with van der Waals surface area (Å²) in [5.41, 5.74) is 0.330. The summed E-state index contributed by atoms with van der Waals surface area (Å²) < 4.78 is 27.6. The Morgan fingerprint density at radius 3 is 2.35 bits per heavy atom. The van der Waals surface area contributed by atoms with E-state index in [-0.39, 0.29) is 22.4 Å². The van der Waals surface area contributed by atoms with E-state index in [0.29, 0.717) is 0 Å². The number of nitriles is 1. The van der Waals surface area contributed by atoms with Crippen molar-refractivity contribution in [1.82, 2.24) is 4.98 Å². The Hall–Kier alpha value is -1.80. The molecule has 2 aromatic rings. The van der Waals surface area contributed by atoms with Crippen LogP contribution in [0.2, 0.25) is 0 Å². The maximum Gasteiger partial charge on any atom is 0.136 e. The molecule has 0 saturated carbocycles. The second-order valence-electron chi connectivity index (χ2n) is 5.47. The molecule has 1 aromatic heterocycles. The Balaban J connectivity index is 2.63. The largest absolute Gasteiger partial charge is 0.240 e. The maximum atomic E-state index is 13.8. The third-order valence-electron chi connectivity index (χ3n) is 2.82. The van der Waals surface area contributed by atoms with Gasteiger partial charge in [-0.1, -0.05) is 26.8 Å². The van der Waals surface area contributed by atoms with Gasteiger partial charge in [0.2, 0.25) is 0 Å². The van der Waals surface area contributed by atoms with Crippen LogP contribution in [0.3, 0.4) is 0 Å². The highest BCUT2D eigenvalue weighted by Crippen LogP contribution is 2.36. The van der Waals surface area contributed by atoms with E-state index in [1.807, 2.05) is 20.8 Å². The highest BCUT2D eigenvalue weighted by molar-refractivity contribution is 7.15. The molecule has 0 amide bonds. The quantitative estimate of drug-likeness (QED) is 0.819. The van der Waals surface area contributed by atoms with Crippen LogP contribution in [0.5, 0.6) is 0 Å². The molecule has 0 radical (unpaired) electrons. The second-order valence-corrected chi connectivity index (χ2v) is 6.56. The number of hydrogen-bond donors (Lipinski definition) is 0. The fourth-order valence-electron chi connectivity index (χ4n) is 1.94. The molecule has 0 fully saturated rings. The molecule has 0 aliphatic heterocycles. The number of aromatic nitrogens is 1. The molecule has 0 N–H and O–H groups in total. The van der Waals surface area contributed by atoms with E-state index in [9.17, 15) is 8.78 Å². The lowest BCUT2D eigenvalue weighted by Gasteiger charge is -2.16. The van der Waals surface area contributed by atoms with Crippen LogP contribution >= 0.6 is 11.3 Å². The van der Waals surface area contributed by atoms with Gasteiger partial charge in [0, 0.05) is 10.3 Å². The minimum atomic E-state index is -0.636. The van der Waals surface area contributed by atoms with Crippen molar-refractivity contribution < 1.29 is 8.78 Å². The fourth-order valence-corrected chi connectivity index (χ4v) is 3.19. The summed E-state index contributed by atoms with van der Waals surface area (Å²) in [6, 6.07) is 5.81. The lowest BCUT2D eigenvalue weighted by molar-refractivity contribution is 0.566. The average molecular weight is 292 g/mol. The van der Waals surface area contributed by atoms with E-state index >= 15 is 0 Å². The smallest absolute Gasteiger partial charge is 0.136 e. The van der Waals surface area contributed by atoms with Crippen LogP contribution in [-0.4, -0.2) is 4.98 Å². The van der Waals surface area contributed by atoms with E-state index < -0.39 is 11.6 Å². The monoisotopic (exact) mass is 292 g/mol. The van der Waals surface area contributed by atoms with Gasteiger partial charge in [0.05, 0.1) is 23.7 Å². The third kappa shape index (κ3) is 2.70. The molecule has 0 spiro atoms. The molecule has 2 nitrogen and oxygen atoms in total. The molecule has 0 atom stereocenters. The van der Waals surface area contributed by atoms with E-state index in [1.54, 1.807) is 0 Å². The fraction of sp³-hybridized carbons (Fsp3) is 0.333. The Morgan fingerprint density at radius 1 is 1.25 bits per heavy atom. The first-order chi connectivity index (χ1) is 9.34. The lowest BCUT2D eigenvalue weighted by Crippen LogP contribution is -2.14. The molecule has 1 heterocycles. The zero-order valence-corrected chi connectivity index (χ0v) is 12.3.